The Morgan fingerprint density at radius 1 is 1.13 bits per heavy atom. The highest BCUT2D eigenvalue weighted by atomic mass is 32.2. The maximum Gasteiger partial charge on any atom is 0.277 e. The van der Waals surface area contributed by atoms with Crippen LogP contribution in [-0.2, 0) is 4.79 Å². The van der Waals surface area contributed by atoms with Crippen LogP contribution in [0.15, 0.2) is 58.2 Å². The summed E-state index contributed by atoms with van der Waals surface area (Å²) in [6.45, 7) is 0. The first-order chi connectivity index (χ1) is 14.6. The van der Waals surface area contributed by atoms with E-state index in [-0.39, 0.29) is 28.8 Å². The van der Waals surface area contributed by atoms with Gasteiger partial charge in [0.2, 0.25) is 5.91 Å². The predicted octanol–water partition coefficient (Wildman–Crippen LogP) is 3.37. The van der Waals surface area contributed by atoms with Crippen LogP contribution in [0.3, 0.4) is 0 Å². The minimum Gasteiger partial charge on any atom is -0.496 e. The van der Waals surface area contributed by atoms with Gasteiger partial charge in [-0.1, -0.05) is 36.0 Å². The van der Waals surface area contributed by atoms with Crippen LogP contribution in [0, 0.1) is 0 Å². The lowest BCUT2D eigenvalue weighted by atomic mass is 10.1. The van der Waals surface area contributed by atoms with Gasteiger partial charge in [0.15, 0.2) is 0 Å². The van der Waals surface area contributed by atoms with Gasteiger partial charge in [-0.3, -0.25) is 9.59 Å². The molecular formula is C21H20N4O4S. The van der Waals surface area contributed by atoms with Crippen LogP contribution < -0.4 is 15.4 Å². The lowest BCUT2D eigenvalue weighted by molar-refractivity contribution is -0.113. The third-order valence-corrected chi connectivity index (χ3v) is 5.25. The molecule has 1 fully saturated rings. The fourth-order valence-electron chi connectivity index (χ4n) is 2.79. The van der Waals surface area contributed by atoms with Crippen molar-refractivity contribution in [1.82, 2.24) is 15.5 Å². The summed E-state index contributed by atoms with van der Waals surface area (Å²) in [7, 11) is 1.57. The van der Waals surface area contributed by atoms with E-state index in [0.29, 0.717) is 28.5 Å². The van der Waals surface area contributed by atoms with E-state index in [1.54, 1.807) is 37.4 Å². The molecule has 154 valence electrons. The minimum atomic E-state index is -0.274. The second-order valence-corrected chi connectivity index (χ2v) is 7.63. The number of ether oxygens (including phenoxy) is 1. The number of amides is 2. The molecule has 3 aromatic rings. The van der Waals surface area contributed by atoms with Crippen molar-refractivity contribution in [2.75, 3.05) is 18.2 Å². The zero-order valence-electron chi connectivity index (χ0n) is 16.3. The van der Waals surface area contributed by atoms with Gasteiger partial charge in [0.1, 0.15) is 5.75 Å². The number of thioether (sulfide) groups is 1. The van der Waals surface area contributed by atoms with Crippen molar-refractivity contribution in [3.63, 3.8) is 0 Å². The molecule has 0 radical (unpaired) electrons. The van der Waals surface area contributed by atoms with E-state index < -0.39 is 0 Å². The summed E-state index contributed by atoms with van der Waals surface area (Å²) >= 11 is 1.12. The molecule has 0 aliphatic heterocycles. The summed E-state index contributed by atoms with van der Waals surface area (Å²) in [6.07, 6.45) is 2.00. The van der Waals surface area contributed by atoms with Crippen LogP contribution in [0.1, 0.15) is 23.2 Å². The number of carbonyl (C=O) groups is 2. The van der Waals surface area contributed by atoms with Crippen molar-refractivity contribution in [3.8, 4) is 17.2 Å². The van der Waals surface area contributed by atoms with E-state index >= 15 is 0 Å². The van der Waals surface area contributed by atoms with Crippen LogP contribution >= 0.6 is 11.8 Å². The molecule has 0 saturated heterocycles. The summed E-state index contributed by atoms with van der Waals surface area (Å²) in [5, 5.41) is 14.0. The summed E-state index contributed by atoms with van der Waals surface area (Å²) in [4.78, 5) is 24.8. The Labute approximate surface area is 177 Å². The van der Waals surface area contributed by atoms with E-state index in [1.807, 2.05) is 18.2 Å². The van der Waals surface area contributed by atoms with Crippen LogP contribution in [0.4, 0.5) is 5.69 Å². The van der Waals surface area contributed by atoms with Crippen molar-refractivity contribution in [1.29, 1.82) is 0 Å². The predicted molar refractivity (Wildman–Crippen MR) is 113 cm³/mol. The first-order valence-electron chi connectivity index (χ1n) is 9.43. The van der Waals surface area contributed by atoms with Gasteiger partial charge in [-0.05, 0) is 37.1 Å². The summed E-state index contributed by atoms with van der Waals surface area (Å²) < 4.78 is 10.9. The molecule has 2 N–H and O–H groups in total. The number of nitrogens with one attached hydrogen (secondary N) is 2. The molecule has 4 rings (SSSR count). The van der Waals surface area contributed by atoms with Crippen molar-refractivity contribution >= 4 is 29.3 Å². The van der Waals surface area contributed by atoms with Gasteiger partial charge in [-0.15, -0.1) is 10.2 Å². The molecule has 8 nitrogen and oxygen atoms in total. The number of anilines is 1. The molecule has 1 heterocycles. The molecule has 0 unspecified atom stereocenters. The van der Waals surface area contributed by atoms with Crippen LogP contribution in [0.25, 0.3) is 11.5 Å². The number of aromatic nitrogens is 2. The summed E-state index contributed by atoms with van der Waals surface area (Å²) in [5.74, 6) is 0.545. The zero-order chi connectivity index (χ0) is 20.9. The smallest absolute Gasteiger partial charge is 0.277 e. The molecule has 0 bridgehead atoms. The molecule has 1 aliphatic carbocycles. The molecule has 1 aliphatic rings. The first-order valence-corrected chi connectivity index (χ1v) is 10.4. The maximum absolute atomic E-state index is 12.4. The van der Waals surface area contributed by atoms with Gasteiger partial charge in [0.25, 0.3) is 17.0 Å². The molecular weight excluding hydrogens is 404 g/mol. The minimum absolute atomic E-state index is 0.0616. The number of benzene rings is 2. The largest absolute Gasteiger partial charge is 0.496 e. The molecule has 30 heavy (non-hydrogen) atoms. The van der Waals surface area contributed by atoms with E-state index in [1.165, 1.54) is 0 Å². The molecule has 0 spiro atoms. The van der Waals surface area contributed by atoms with Crippen LogP contribution in [0.2, 0.25) is 0 Å². The Bertz CT molecular complexity index is 1060. The average Bonchev–Trinajstić information content (AvgIpc) is 3.45. The fraction of sp³-hybridized carbons (Fsp3) is 0.238. The number of carbonyl (C=O) groups excluding carboxylic acids is 2. The Morgan fingerprint density at radius 2 is 1.90 bits per heavy atom. The molecule has 9 heteroatoms. The fourth-order valence-corrected chi connectivity index (χ4v) is 3.36. The normalized spacial score (nSPS) is 13.0. The third kappa shape index (κ3) is 4.80. The lowest BCUT2D eigenvalue weighted by Gasteiger charge is -2.10. The lowest BCUT2D eigenvalue weighted by Crippen LogP contribution is -2.27. The topological polar surface area (TPSA) is 106 Å². The maximum atomic E-state index is 12.4. The quantitative estimate of drug-likeness (QED) is 0.534. The molecule has 2 aromatic carbocycles. The van der Waals surface area contributed by atoms with Gasteiger partial charge >= 0.3 is 0 Å². The van der Waals surface area contributed by atoms with Gasteiger partial charge < -0.3 is 19.8 Å². The highest BCUT2D eigenvalue weighted by Gasteiger charge is 2.25. The van der Waals surface area contributed by atoms with E-state index in [2.05, 4.69) is 20.8 Å². The first kappa shape index (κ1) is 20.0. The van der Waals surface area contributed by atoms with Gasteiger partial charge in [0, 0.05) is 6.04 Å². The van der Waals surface area contributed by atoms with Gasteiger partial charge in [0.05, 0.1) is 29.7 Å². The number of rotatable bonds is 8. The second-order valence-electron chi connectivity index (χ2n) is 6.70. The average molecular weight is 424 g/mol. The summed E-state index contributed by atoms with van der Waals surface area (Å²) in [6, 6.07) is 14.5. The van der Waals surface area contributed by atoms with E-state index in [9.17, 15) is 9.59 Å². The Kier molecular flexibility index (Phi) is 5.99. The number of nitrogens with zero attached hydrogens (tertiary/aromatic N) is 2. The second kappa shape index (κ2) is 9.00. The van der Waals surface area contributed by atoms with Crippen molar-refractivity contribution in [3.05, 3.63) is 54.1 Å². The monoisotopic (exact) mass is 424 g/mol. The molecule has 0 atom stereocenters. The third-order valence-electron chi connectivity index (χ3n) is 4.43. The van der Waals surface area contributed by atoms with E-state index in [0.717, 1.165) is 24.6 Å². The van der Waals surface area contributed by atoms with Crippen molar-refractivity contribution in [2.24, 2.45) is 0 Å². The Balaban J connectivity index is 1.37. The number of hydrogen-bond acceptors (Lipinski definition) is 7. The van der Waals surface area contributed by atoms with Gasteiger partial charge in [-0.25, -0.2) is 0 Å². The molecule has 1 aromatic heterocycles. The molecule has 2 amide bonds. The standard InChI is InChI=1S/C21H20N4O4S/c1-28-17-9-5-3-7-15(17)20-24-25-21(29-20)30-12-18(26)23-16-8-4-2-6-14(16)19(27)22-13-10-11-13/h2-9,13H,10-12H2,1H3,(H,22,27)(H,23,26). The van der Waals surface area contributed by atoms with Crippen molar-refractivity contribution < 1.29 is 18.7 Å². The van der Waals surface area contributed by atoms with Crippen LogP contribution in [-0.4, -0.2) is 40.9 Å². The zero-order valence-corrected chi connectivity index (χ0v) is 17.1. The number of para-hydroxylation sites is 2. The Hall–Kier alpha value is -3.33. The highest BCUT2D eigenvalue weighted by Crippen LogP contribution is 2.30. The Morgan fingerprint density at radius 3 is 2.70 bits per heavy atom. The number of methoxy groups -OCH3 is 1. The number of hydrogen-bond donors (Lipinski definition) is 2. The van der Waals surface area contributed by atoms with Crippen molar-refractivity contribution in [2.45, 2.75) is 24.1 Å². The SMILES string of the molecule is COc1ccccc1-c1nnc(SCC(=O)Nc2ccccc2C(=O)NC2CC2)o1. The molecule has 1 saturated carbocycles. The van der Waals surface area contributed by atoms with E-state index in [4.69, 9.17) is 9.15 Å². The summed E-state index contributed by atoms with van der Waals surface area (Å²) in [5.41, 5.74) is 1.60. The highest BCUT2D eigenvalue weighted by molar-refractivity contribution is 7.99. The van der Waals surface area contributed by atoms with Gasteiger partial charge in [-0.2, -0.15) is 0 Å². The van der Waals surface area contributed by atoms with Crippen LogP contribution in [0.5, 0.6) is 5.75 Å².